The molecule has 1 N–H and O–H groups in total. The van der Waals surface area contributed by atoms with Gasteiger partial charge in [0.2, 0.25) is 5.88 Å². The number of hydrogen-bond acceptors (Lipinski definition) is 3. The van der Waals surface area contributed by atoms with Gasteiger partial charge in [-0.15, -0.1) is 5.73 Å². The Hall–Kier alpha value is -2.52. The first-order valence-electron chi connectivity index (χ1n) is 5.94. The molecule has 1 aliphatic rings. The van der Waals surface area contributed by atoms with Crippen LogP contribution in [0.2, 0.25) is 0 Å². The second-order valence-corrected chi connectivity index (χ2v) is 4.33. The number of pyridine rings is 1. The highest BCUT2D eigenvalue weighted by Crippen LogP contribution is 2.24. The molecule has 1 aliphatic carbocycles. The van der Waals surface area contributed by atoms with Crippen LogP contribution in [0.4, 0.5) is 0 Å². The van der Waals surface area contributed by atoms with Crippen LogP contribution in [0.1, 0.15) is 16.9 Å². The molecule has 1 amide bonds. The monoisotopic (exact) mass is 255 g/mol. The summed E-state index contributed by atoms with van der Waals surface area (Å²) in [5, 5.41) is 0.904. The summed E-state index contributed by atoms with van der Waals surface area (Å²) in [5.41, 5.74) is 5.15. The Balaban J connectivity index is 2.01. The number of nitrogens with one attached hydrogen (secondary N) is 1. The molecule has 2 aromatic heterocycles. The molecule has 0 aromatic carbocycles. The molecule has 2 heterocycles. The van der Waals surface area contributed by atoms with Gasteiger partial charge in [-0.05, 0) is 18.2 Å². The summed E-state index contributed by atoms with van der Waals surface area (Å²) in [6, 6.07) is 3.65. The van der Waals surface area contributed by atoms with Gasteiger partial charge in [-0.25, -0.2) is 4.98 Å². The maximum absolute atomic E-state index is 12.3. The Morgan fingerprint density at radius 2 is 2.37 bits per heavy atom. The summed E-state index contributed by atoms with van der Waals surface area (Å²) in [6.07, 6.45) is 4.34. The van der Waals surface area contributed by atoms with Crippen LogP contribution in [0.5, 0.6) is 5.88 Å². The summed E-state index contributed by atoms with van der Waals surface area (Å²) in [7, 11) is 3.30. The average molecular weight is 255 g/mol. The molecule has 0 aliphatic heterocycles. The van der Waals surface area contributed by atoms with Crippen molar-refractivity contribution in [1.29, 1.82) is 0 Å². The lowest BCUT2D eigenvalue weighted by molar-refractivity contribution is 0.0828. The van der Waals surface area contributed by atoms with E-state index >= 15 is 0 Å². The fourth-order valence-electron chi connectivity index (χ4n) is 2.03. The lowest BCUT2D eigenvalue weighted by Gasteiger charge is -2.20. The van der Waals surface area contributed by atoms with Gasteiger partial charge < -0.3 is 14.6 Å². The summed E-state index contributed by atoms with van der Waals surface area (Å²) >= 11 is 0. The van der Waals surface area contributed by atoms with Gasteiger partial charge in [-0.2, -0.15) is 0 Å². The number of ether oxygens (including phenoxy) is 1. The Labute approximate surface area is 110 Å². The minimum absolute atomic E-state index is 0.0890. The van der Waals surface area contributed by atoms with Crippen molar-refractivity contribution in [2.45, 2.75) is 6.42 Å². The van der Waals surface area contributed by atoms with E-state index in [0.717, 1.165) is 23.0 Å². The van der Waals surface area contributed by atoms with Crippen LogP contribution < -0.4 is 4.74 Å². The first-order valence-corrected chi connectivity index (χ1v) is 5.94. The van der Waals surface area contributed by atoms with Crippen LogP contribution in [0.25, 0.3) is 10.9 Å². The lowest BCUT2D eigenvalue weighted by atomic mass is 10.1. The molecule has 0 radical (unpaired) electrons. The van der Waals surface area contributed by atoms with E-state index in [1.54, 1.807) is 31.3 Å². The first kappa shape index (κ1) is 11.6. The Kier molecular flexibility index (Phi) is 2.62. The number of H-pyrrole nitrogens is 1. The number of carbonyl (C=O) groups is 1. The van der Waals surface area contributed by atoms with E-state index < -0.39 is 0 Å². The zero-order valence-electron chi connectivity index (χ0n) is 10.7. The fourth-order valence-corrected chi connectivity index (χ4v) is 2.03. The van der Waals surface area contributed by atoms with E-state index in [-0.39, 0.29) is 5.91 Å². The van der Waals surface area contributed by atoms with Gasteiger partial charge in [0.05, 0.1) is 12.8 Å². The van der Waals surface area contributed by atoms with Gasteiger partial charge in [0.15, 0.2) is 0 Å². The smallest absolute Gasteiger partial charge is 0.274 e. The van der Waals surface area contributed by atoms with Crippen molar-refractivity contribution in [3.63, 3.8) is 0 Å². The van der Waals surface area contributed by atoms with E-state index in [0.29, 0.717) is 11.6 Å². The van der Waals surface area contributed by atoms with E-state index in [4.69, 9.17) is 4.74 Å². The van der Waals surface area contributed by atoms with Crippen LogP contribution in [0, 0.1) is 0 Å². The lowest BCUT2D eigenvalue weighted by Crippen LogP contribution is -2.27. The van der Waals surface area contributed by atoms with Gasteiger partial charge >= 0.3 is 0 Å². The van der Waals surface area contributed by atoms with Crippen molar-refractivity contribution >= 4 is 16.8 Å². The van der Waals surface area contributed by atoms with Gasteiger partial charge in [0.25, 0.3) is 5.91 Å². The fraction of sp³-hybridized carbons (Fsp3) is 0.214. The summed E-state index contributed by atoms with van der Waals surface area (Å²) < 4.78 is 5.17. The number of rotatable bonds is 3. The van der Waals surface area contributed by atoms with E-state index in [1.165, 1.54) is 0 Å². The van der Waals surface area contributed by atoms with Crippen molar-refractivity contribution in [2.75, 3.05) is 14.2 Å². The van der Waals surface area contributed by atoms with Gasteiger partial charge in [0, 0.05) is 25.1 Å². The number of aromatic nitrogens is 2. The van der Waals surface area contributed by atoms with E-state index in [2.05, 4.69) is 15.7 Å². The topological polar surface area (TPSA) is 58.2 Å². The van der Waals surface area contributed by atoms with Crippen LogP contribution in [0.3, 0.4) is 0 Å². The third kappa shape index (κ3) is 1.80. The maximum atomic E-state index is 12.3. The largest absolute Gasteiger partial charge is 0.479 e. The highest BCUT2D eigenvalue weighted by molar-refractivity contribution is 5.99. The predicted octanol–water partition coefficient (Wildman–Crippen LogP) is 2.09. The molecular weight excluding hydrogens is 242 g/mol. The average Bonchev–Trinajstić information content (AvgIpc) is 2.79. The summed E-state index contributed by atoms with van der Waals surface area (Å²) in [5.74, 6) is 0.399. The Morgan fingerprint density at radius 1 is 1.58 bits per heavy atom. The van der Waals surface area contributed by atoms with Crippen molar-refractivity contribution in [1.82, 2.24) is 14.9 Å². The number of nitrogens with zero attached hydrogens (tertiary/aromatic N) is 2. The number of aromatic amines is 1. The molecule has 0 atom stereocenters. The van der Waals surface area contributed by atoms with Gasteiger partial charge in [-0.3, -0.25) is 4.79 Å². The van der Waals surface area contributed by atoms with Crippen molar-refractivity contribution < 1.29 is 9.53 Å². The third-order valence-electron chi connectivity index (χ3n) is 3.21. The number of carbonyl (C=O) groups excluding carboxylic acids is 1. The highest BCUT2D eigenvalue weighted by Gasteiger charge is 2.19. The van der Waals surface area contributed by atoms with Crippen LogP contribution in [0.15, 0.2) is 35.8 Å². The standard InChI is InChI=1S/C14H13N3O2/c1-17(10-4-3-5-10)14(18)11-8-9-6-7-15-13(19-2)12(9)16-11/h3,6-8,16H,4H2,1-2H3. The number of hydrogen-bond donors (Lipinski definition) is 1. The van der Waals surface area contributed by atoms with E-state index in [9.17, 15) is 4.79 Å². The SMILES string of the molecule is COc1nccc2cc(C(=O)N(C)C3=C=CC3)[nH]c12. The molecule has 2 aromatic rings. The summed E-state index contributed by atoms with van der Waals surface area (Å²) in [4.78, 5) is 21.1. The number of amides is 1. The molecular formula is C14H13N3O2. The Morgan fingerprint density at radius 3 is 3.00 bits per heavy atom. The molecule has 0 saturated carbocycles. The second-order valence-electron chi connectivity index (χ2n) is 4.33. The van der Waals surface area contributed by atoms with Gasteiger partial charge in [0.1, 0.15) is 11.2 Å². The number of fused-ring (bicyclic) bond motifs is 1. The van der Waals surface area contributed by atoms with Crippen molar-refractivity contribution in [3.05, 3.63) is 41.5 Å². The minimum Gasteiger partial charge on any atom is -0.479 e. The molecule has 19 heavy (non-hydrogen) atoms. The van der Waals surface area contributed by atoms with Crippen molar-refractivity contribution in [2.24, 2.45) is 0 Å². The minimum atomic E-state index is -0.0890. The molecule has 5 nitrogen and oxygen atoms in total. The van der Waals surface area contributed by atoms with Crippen LogP contribution in [-0.4, -0.2) is 34.9 Å². The first-order chi connectivity index (χ1) is 9.20. The zero-order valence-corrected chi connectivity index (χ0v) is 10.7. The third-order valence-corrected chi connectivity index (χ3v) is 3.21. The molecule has 3 rings (SSSR count). The molecule has 0 bridgehead atoms. The van der Waals surface area contributed by atoms with Crippen LogP contribution in [-0.2, 0) is 0 Å². The predicted molar refractivity (Wildman–Crippen MR) is 71.0 cm³/mol. The van der Waals surface area contributed by atoms with Crippen LogP contribution >= 0.6 is 0 Å². The van der Waals surface area contributed by atoms with E-state index in [1.807, 2.05) is 12.1 Å². The molecule has 96 valence electrons. The highest BCUT2D eigenvalue weighted by atomic mass is 16.5. The van der Waals surface area contributed by atoms with Gasteiger partial charge in [-0.1, -0.05) is 0 Å². The zero-order chi connectivity index (χ0) is 13.4. The Bertz CT molecular complexity index is 723. The molecule has 0 unspecified atom stereocenters. The maximum Gasteiger partial charge on any atom is 0.274 e. The second kappa shape index (κ2) is 4.30. The quantitative estimate of drug-likeness (QED) is 0.854. The molecule has 0 spiro atoms. The molecule has 0 saturated heterocycles. The number of methoxy groups -OCH3 is 1. The molecule has 0 fully saturated rings. The molecule has 5 heteroatoms. The normalized spacial score (nSPS) is 13.1. The summed E-state index contributed by atoms with van der Waals surface area (Å²) in [6.45, 7) is 0. The van der Waals surface area contributed by atoms with Crippen molar-refractivity contribution in [3.8, 4) is 5.88 Å².